The van der Waals surface area contributed by atoms with E-state index in [9.17, 15) is 4.79 Å². The topological polar surface area (TPSA) is 32.3 Å². The molecular weight excluding hydrogens is 200 g/mol. The predicted molar refractivity (Wildman–Crippen MR) is 67.4 cm³/mol. The van der Waals surface area contributed by atoms with Gasteiger partial charge in [0.2, 0.25) is 5.91 Å². The average molecular weight is 226 g/mol. The highest BCUT2D eigenvalue weighted by Gasteiger charge is 2.29. The van der Waals surface area contributed by atoms with Gasteiger partial charge in [0.15, 0.2) is 0 Å². The summed E-state index contributed by atoms with van der Waals surface area (Å²) in [6.07, 6.45) is 4.14. The number of amides is 1. The SMILES string of the molecule is CCCNC(CC)CN1CC(CC)CC1=O. The van der Waals surface area contributed by atoms with E-state index in [1.165, 1.54) is 0 Å². The van der Waals surface area contributed by atoms with Crippen molar-refractivity contribution in [2.75, 3.05) is 19.6 Å². The maximum absolute atomic E-state index is 11.8. The fourth-order valence-electron chi connectivity index (χ4n) is 2.26. The van der Waals surface area contributed by atoms with Crippen molar-refractivity contribution in [1.82, 2.24) is 10.2 Å². The second-order valence-corrected chi connectivity index (χ2v) is 4.84. The highest BCUT2D eigenvalue weighted by molar-refractivity contribution is 5.78. The summed E-state index contributed by atoms with van der Waals surface area (Å²) in [7, 11) is 0. The molecule has 0 aromatic heterocycles. The lowest BCUT2D eigenvalue weighted by atomic mass is 10.1. The maximum atomic E-state index is 11.8. The van der Waals surface area contributed by atoms with E-state index in [0.29, 0.717) is 17.9 Å². The van der Waals surface area contributed by atoms with Crippen LogP contribution in [0.5, 0.6) is 0 Å². The standard InChI is InChI=1S/C13H26N2O/c1-4-7-14-12(6-3)10-15-9-11(5-2)8-13(15)16/h11-12,14H,4-10H2,1-3H3. The van der Waals surface area contributed by atoms with Crippen LogP contribution in [0, 0.1) is 5.92 Å². The van der Waals surface area contributed by atoms with E-state index in [4.69, 9.17) is 0 Å². The molecule has 0 spiro atoms. The van der Waals surface area contributed by atoms with Crippen molar-refractivity contribution >= 4 is 5.91 Å². The van der Waals surface area contributed by atoms with Crippen molar-refractivity contribution in [3.8, 4) is 0 Å². The Morgan fingerprint density at radius 2 is 2.19 bits per heavy atom. The van der Waals surface area contributed by atoms with Crippen LogP contribution in [0.3, 0.4) is 0 Å². The Balaban J connectivity index is 2.36. The molecule has 3 heteroatoms. The summed E-state index contributed by atoms with van der Waals surface area (Å²) < 4.78 is 0. The third-order valence-corrected chi connectivity index (χ3v) is 3.49. The van der Waals surface area contributed by atoms with Crippen LogP contribution in [0.1, 0.15) is 46.5 Å². The van der Waals surface area contributed by atoms with Crippen molar-refractivity contribution in [2.45, 2.75) is 52.5 Å². The van der Waals surface area contributed by atoms with Crippen LogP contribution in [0.25, 0.3) is 0 Å². The molecule has 0 saturated carbocycles. The van der Waals surface area contributed by atoms with Crippen molar-refractivity contribution in [2.24, 2.45) is 5.92 Å². The van der Waals surface area contributed by atoms with Gasteiger partial charge in [0.1, 0.15) is 0 Å². The molecule has 1 N–H and O–H groups in total. The molecule has 1 aliphatic heterocycles. The number of nitrogens with one attached hydrogen (secondary N) is 1. The Morgan fingerprint density at radius 1 is 1.44 bits per heavy atom. The van der Waals surface area contributed by atoms with Gasteiger partial charge in [-0.3, -0.25) is 4.79 Å². The van der Waals surface area contributed by atoms with Crippen LogP contribution in [0.15, 0.2) is 0 Å². The zero-order valence-electron chi connectivity index (χ0n) is 11.0. The summed E-state index contributed by atoms with van der Waals surface area (Å²) in [5.41, 5.74) is 0. The average Bonchev–Trinajstić information content (AvgIpc) is 2.65. The van der Waals surface area contributed by atoms with Gasteiger partial charge in [-0.15, -0.1) is 0 Å². The van der Waals surface area contributed by atoms with Gasteiger partial charge in [-0.2, -0.15) is 0 Å². The number of hydrogen-bond acceptors (Lipinski definition) is 2. The number of carbonyl (C=O) groups is 1. The summed E-state index contributed by atoms with van der Waals surface area (Å²) in [5.74, 6) is 0.944. The van der Waals surface area contributed by atoms with E-state index in [0.717, 1.165) is 45.3 Å². The fraction of sp³-hybridized carbons (Fsp3) is 0.923. The lowest BCUT2D eigenvalue weighted by Gasteiger charge is -2.24. The van der Waals surface area contributed by atoms with Gasteiger partial charge in [0.05, 0.1) is 0 Å². The van der Waals surface area contributed by atoms with Gasteiger partial charge in [-0.1, -0.05) is 27.2 Å². The molecule has 3 nitrogen and oxygen atoms in total. The highest BCUT2D eigenvalue weighted by atomic mass is 16.2. The minimum absolute atomic E-state index is 0.351. The van der Waals surface area contributed by atoms with Crippen molar-refractivity contribution in [3.63, 3.8) is 0 Å². The van der Waals surface area contributed by atoms with E-state index in [-0.39, 0.29) is 0 Å². The number of nitrogens with zero attached hydrogens (tertiary/aromatic N) is 1. The van der Waals surface area contributed by atoms with Crippen molar-refractivity contribution < 1.29 is 4.79 Å². The molecule has 1 rings (SSSR count). The molecule has 1 saturated heterocycles. The Hall–Kier alpha value is -0.570. The van der Waals surface area contributed by atoms with E-state index >= 15 is 0 Å². The molecule has 0 aromatic carbocycles. The summed E-state index contributed by atoms with van der Waals surface area (Å²) in [6.45, 7) is 9.45. The molecule has 2 atom stereocenters. The zero-order valence-corrected chi connectivity index (χ0v) is 11.0. The number of rotatable bonds is 7. The van der Waals surface area contributed by atoms with Crippen LogP contribution < -0.4 is 5.32 Å². The van der Waals surface area contributed by atoms with Gasteiger partial charge in [0.25, 0.3) is 0 Å². The van der Waals surface area contributed by atoms with Gasteiger partial charge >= 0.3 is 0 Å². The second-order valence-electron chi connectivity index (χ2n) is 4.84. The number of hydrogen-bond donors (Lipinski definition) is 1. The van der Waals surface area contributed by atoms with Crippen LogP contribution in [-0.4, -0.2) is 36.5 Å². The first-order chi connectivity index (χ1) is 7.71. The molecule has 1 fully saturated rings. The largest absolute Gasteiger partial charge is 0.341 e. The minimum atomic E-state index is 0.351. The third-order valence-electron chi connectivity index (χ3n) is 3.49. The molecule has 16 heavy (non-hydrogen) atoms. The summed E-state index contributed by atoms with van der Waals surface area (Å²) in [5, 5.41) is 3.51. The molecule has 2 unspecified atom stereocenters. The molecule has 1 heterocycles. The van der Waals surface area contributed by atoms with E-state index in [1.807, 2.05) is 4.90 Å². The van der Waals surface area contributed by atoms with Crippen LogP contribution >= 0.6 is 0 Å². The Morgan fingerprint density at radius 3 is 2.69 bits per heavy atom. The number of likely N-dealkylation sites (tertiary alicyclic amines) is 1. The molecular formula is C13H26N2O. The molecule has 1 aliphatic rings. The predicted octanol–water partition coefficient (Wildman–Crippen LogP) is 2.02. The van der Waals surface area contributed by atoms with Crippen LogP contribution in [0.4, 0.5) is 0 Å². The van der Waals surface area contributed by atoms with E-state index in [1.54, 1.807) is 0 Å². The molecule has 1 amide bonds. The van der Waals surface area contributed by atoms with Gasteiger partial charge in [-0.25, -0.2) is 0 Å². The zero-order chi connectivity index (χ0) is 12.0. The third kappa shape index (κ3) is 3.78. The maximum Gasteiger partial charge on any atom is 0.222 e. The normalized spacial score (nSPS) is 22.8. The van der Waals surface area contributed by atoms with Gasteiger partial charge < -0.3 is 10.2 Å². The Kier molecular flexibility index (Phi) is 5.81. The molecule has 0 bridgehead atoms. The first kappa shape index (κ1) is 13.5. The molecule has 0 radical (unpaired) electrons. The van der Waals surface area contributed by atoms with Crippen LogP contribution in [-0.2, 0) is 4.79 Å². The van der Waals surface area contributed by atoms with Gasteiger partial charge in [0, 0.05) is 25.6 Å². The smallest absolute Gasteiger partial charge is 0.222 e. The van der Waals surface area contributed by atoms with E-state index < -0.39 is 0 Å². The fourth-order valence-corrected chi connectivity index (χ4v) is 2.26. The molecule has 0 aromatic rings. The van der Waals surface area contributed by atoms with Crippen molar-refractivity contribution in [3.05, 3.63) is 0 Å². The first-order valence-corrected chi connectivity index (χ1v) is 6.72. The molecule has 94 valence electrons. The summed E-state index contributed by atoms with van der Waals surface area (Å²) in [6, 6.07) is 0.472. The van der Waals surface area contributed by atoms with Crippen molar-refractivity contribution in [1.29, 1.82) is 0 Å². The quantitative estimate of drug-likeness (QED) is 0.720. The summed E-state index contributed by atoms with van der Waals surface area (Å²) in [4.78, 5) is 13.8. The highest BCUT2D eigenvalue weighted by Crippen LogP contribution is 2.20. The van der Waals surface area contributed by atoms with Gasteiger partial charge in [-0.05, 0) is 25.3 Å². The minimum Gasteiger partial charge on any atom is -0.341 e. The lowest BCUT2D eigenvalue weighted by molar-refractivity contribution is -0.128. The second kappa shape index (κ2) is 6.89. The first-order valence-electron chi connectivity index (χ1n) is 6.72. The lowest BCUT2D eigenvalue weighted by Crippen LogP contribution is -2.41. The van der Waals surface area contributed by atoms with Crippen LogP contribution in [0.2, 0.25) is 0 Å². The molecule has 0 aliphatic carbocycles. The summed E-state index contributed by atoms with van der Waals surface area (Å²) >= 11 is 0. The van der Waals surface area contributed by atoms with E-state index in [2.05, 4.69) is 26.1 Å². The monoisotopic (exact) mass is 226 g/mol. The number of carbonyl (C=O) groups excluding carboxylic acids is 1. The Bertz CT molecular complexity index is 218. The Labute approximate surface area is 99.6 Å².